The van der Waals surface area contributed by atoms with Crippen LogP contribution in [0.1, 0.15) is 63.0 Å². The van der Waals surface area contributed by atoms with Crippen molar-refractivity contribution in [3.8, 4) is 0 Å². The molecule has 0 bridgehead atoms. The summed E-state index contributed by atoms with van der Waals surface area (Å²) in [6.07, 6.45) is 5.73. The van der Waals surface area contributed by atoms with Crippen LogP contribution < -0.4 is 16.0 Å². The molecule has 1 unspecified atom stereocenters. The number of aliphatic hydroxyl groups is 1. The number of hydrogen-bond donors (Lipinski definition) is 4. The van der Waals surface area contributed by atoms with E-state index in [1.807, 2.05) is 26.8 Å². The van der Waals surface area contributed by atoms with Crippen LogP contribution in [-0.2, 0) is 10.4 Å². The van der Waals surface area contributed by atoms with E-state index in [1.165, 1.54) is 19.3 Å². The van der Waals surface area contributed by atoms with E-state index in [9.17, 15) is 9.90 Å². The molecule has 0 aromatic carbocycles. The van der Waals surface area contributed by atoms with E-state index in [2.05, 4.69) is 20.9 Å². The van der Waals surface area contributed by atoms with Crippen LogP contribution in [-0.4, -0.2) is 42.6 Å². The number of halogens is 1. The maximum Gasteiger partial charge on any atom is 0.242 e. The summed E-state index contributed by atoms with van der Waals surface area (Å²) in [5.41, 5.74) is -0.360. The summed E-state index contributed by atoms with van der Waals surface area (Å²) in [5, 5.41) is 20.1. The molecule has 1 aromatic heterocycles. The van der Waals surface area contributed by atoms with Crippen LogP contribution in [0.5, 0.6) is 0 Å². The number of carbonyl (C=O) groups is 1. The van der Waals surface area contributed by atoms with Crippen LogP contribution >= 0.6 is 24.0 Å². The van der Waals surface area contributed by atoms with E-state index >= 15 is 0 Å². The summed E-state index contributed by atoms with van der Waals surface area (Å²) in [7, 11) is 0. The van der Waals surface area contributed by atoms with E-state index < -0.39 is 5.60 Å². The number of nitrogens with zero attached hydrogens (tertiary/aromatic N) is 1. The number of aliphatic imine (C=N–C) groups is 1. The van der Waals surface area contributed by atoms with Crippen molar-refractivity contribution in [1.29, 1.82) is 0 Å². The van der Waals surface area contributed by atoms with Gasteiger partial charge >= 0.3 is 0 Å². The van der Waals surface area contributed by atoms with Crippen LogP contribution in [0, 0.1) is 13.8 Å². The molecule has 7 nitrogen and oxygen atoms in total. The molecule has 1 aliphatic carbocycles. The largest absolute Gasteiger partial charge is 0.466 e. The summed E-state index contributed by atoms with van der Waals surface area (Å²) in [6, 6.07) is 2.13. The molecule has 0 spiro atoms. The Labute approximate surface area is 185 Å². The zero-order chi connectivity index (χ0) is 19.9. The molecule has 1 saturated carbocycles. The highest BCUT2D eigenvalue weighted by Crippen LogP contribution is 2.26. The number of hydrogen-bond acceptors (Lipinski definition) is 4. The third kappa shape index (κ3) is 7.62. The van der Waals surface area contributed by atoms with Gasteiger partial charge < -0.3 is 25.5 Å². The second kappa shape index (κ2) is 11.6. The van der Waals surface area contributed by atoms with Crippen molar-refractivity contribution < 1.29 is 14.3 Å². The molecule has 0 saturated heterocycles. The summed E-state index contributed by atoms with van der Waals surface area (Å²) >= 11 is 0. The average molecular weight is 506 g/mol. The van der Waals surface area contributed by atoms with Crippen LogP contribution in [0.3, 0.4) is 0 Å². The van der Waals surface area contributed by atoms with E-state index in [0.29, 0.717) is 18.3 Å². The number of furan rings is 1. The third-order valence-corrected chi connectivity index (χ3v) is 4.92. The number of guanidine groups is 1. The minimum Gasteiger partial charge on any atom is -0.466 e. The standard InChI is InChI=1S/C20H34N4O3.HI/c1-5-21-19(22-12-18(25)24-16-9-7-6-8-10-16)23-13-20(4,26)17-11-14(2)27-15(17)3;/h11,16,26H,5-10,12-13H2,1-4H3,(H,24,25)(H2,21,22,23);1H. The fraction of sp³-hybridized carbons (Fsp3) is 0.700. The number of nitrogens with one attached hydrogen (secondary N) is 3. The van der Waals surface area contributed by atoms with Crippen molar-refractivity contribution in [3.63, 3.8) is 0 Å². The van der Waals surface area contributed by atoms with Crippen molar-refractivity contribution in [1.82, 2.24) is 16.0 Å². The third-order valence-electron chi connectivity index (χ3n) is 4.92. The second-order valence-corrected chi connectivity index (χ2v) is 7.55. The highest BCUT2D eigenvalue weighted by Gasteiger charge is 2.28. The zero-order valence-corrected chi connectivity index (χ0v) is 19.8. The minimum absolute atomic E-state index is 0. The van der Waals surface area contributed by atoms with Crippen molar-refractivity contribution >= 4 is 35.8 Å². The number of aryl methyl sites for hydroxylation is 2. The normalized spacial score (nSPS) is 17.4. The Kier molecular flexibility index (Phi) is 10.3. The molecule has 1 atom stereocenters. The quantitative estimate of drug-likeness (QED) is 0.259. The molecule has 28 heavy (non-hydrogen) atoms. The lowest BCUT2D eigenvalue weighted by Gasteiger charge is -2.25. The Morgan fingerprint density at radius 3 is 2.54 bits per heavy atom. The molecule has 8 heteroatoms. The highest BCUT2D eigenvalue weighted by atomic mass is 127. The Balaban J connectivity index is 0.00000392. The van der Waals surface area contributed by atoms with Gasteiger partial charge in [-0.25, -0.2) is 4.99 Å². The van der Waals surface area contributed by atoms with Gasteiger partial charge in [0.1, 0.15) is 23.7 Å². The molecule has 1 fully saturated rings. The monoisotopic (exact) mass is 506 g/mol. The number of rotatable bonds is 7. The Morgan fingerprint density at radius 1 is 1.29 bits per heavy atom. The van der Waals surface area contributed by atoms with E-state index in [-0.39, 0.29) is 49.0 Å². The summed E-state index contributed by atoms with van der Waals surface area (Å²) in [5.74, 6) is 1.91. The molecule has 2 rings (SSSR count). The first kappa shape index (κ1) is 24.7. The Hall–Kier alpha value is -1.29. The maximum atomic E-state index is 12.2. The molecule has 1 aromatic rings. The molecule has 160 valence electrons. The average Bonchev–Trinajstić information content (AvgIpc) is 2.97. The van der Waals surface area contributed by atoms with E-state index in [1.54, 1.807) is 6.92 Å². The first-order chi connectivity index (χ1) is 12.8. The molecular weight excluding hydrogens is 471 g/mol. The van der Waals surface area contributed by atoms with Gasteiger partial charge in [0.25, 0.3) is 0 Å². The lowest BCUT2D eigenvalue weighted by molar-refractivity contribution is -0.120. The second-order valence-electron chi connectivity index (χ2n) is 7.55. The van der Waals surface area contributed by atoms with E-state index in [0.717, 1.165) is 24.2 Å². The molecule has 1 aliphatic rings. The van der Waals surface area contributed by atoms with Gasteiger partial charge in [0, 0.05) is 18.2 Å². The lowest BCUT2D eigenvalue weighted by Crippen LogP contribution is -2.45. The molecule has 0 radical (unpaired) electrons. The highest BCUT2D eigenvalue weighted by molar-refractivity contribution is 14.0. The zero-order valence-electron chi connectivity index (χ0n) is 17.4. The lowest BCUT2D eigenvalue weighted by atomic mass is 9.95. The van der Waals surface area contributed by atoms with Gasteiger partial charge in [-0.2, -0.15) is 0 Å². The number of amides is 1. The molecule has 4 N–H and O–H groups in total. The summed E-state index contributed by atoms with van der Waals surface area (Å²) in [4.78, 5) is 16.5. The summed E-state index contributed by atoms with van der Waals surface area (Å²) < 4.78 is 5.52. The topological polar surface area (TPSA) is 98.9 Å². The molecule has 1 amide bonds. The Morgan fingerprint density at radius 2 is 1.96 bits per heavy atom. The summed E-state index contributed by atoms with van der Waals surface area (Å²) in [6.45, 7) is 8.38. The maximum absolute atomic E-state index is 12.2. The first-order valence-electron chi connectivity index (χ1n) is 9.93. The van der Waals surface area contributed by atoms with Crippen LogP contribution in [0.25, 0.3) is 0 Å². The fourth-order valence-corrected chi connectivity index (χ4v) is 3.53. The van der Waals surface area contributed by atoms with Gasteiger partial charge in [-0.1, -0.05) is 19.3 Å². The van der Waals surface area contributed by atoms with Gasteiger partial charge in [-0.3, -0.25) is 4.79 Å². The predicted molar refractivity (Wildman–Crippen MR) is 122 cm³/mol. The van der Waals surface area contributed by atoms with Gasteiger partial charge in [0.2, 0.25) is 5.91 Å². The van der Waals surface area contributed by atoms with Crippen LogP contribution in [0.4, 0.5) is 0 Å². The number of carbonyl (C=O) groups excluding carboxylic acids is 1. The molecule has 1 heterocycles. The van der Waals surface area contributed by atoms with Gasteiger partial charge in [0.05, 0.1) is 6.54 Å². The smallest absolute Gasteiger partial charge is 0.242 e. The van der Waals surface area contributed by atoms with Gasteiger partial charge in [-0.15, -0.1) is 24.0 Å². The van der Waals surface area contributed by atoms with Gasteiger partial charge in [0.15, 0.2) is 5.96 Å². The SMILES string of the molecule is CCNC(=NCC(=O)NC1CCCCC1)NCC(C)(O)c1cc(C)oc1C.I. The van der Waals surface area contributed by atoms with E-state index in [4.69, 9.17) is 4.42 Å². The van der Waals surface area contributed by atoms with Crippen LogP contribution in [0.2, 0.25) is 0 Å². The van der Waals surface area contributed by atoms with Crippen molar-refractivity contribution in [3.05, 3.63) is 23.2 Å². The van der Waals surface area contributed by atoms with Crippen molar-refractivity contribution in [2.75, 3.05) is 19.6 Å². The first-order valence-corrected chi connectivity index (χ1v) is 9.93. The van der Waals surface area contributed by atoms with Crippen molar-refractivity contribution in [2.45, 2.75) is 71.4 Å². The van der Waals surface area contributed by atoms with Gasteiger partial charge in [-0.05, 0) is 46.6 Å². The fourth-order valence-electron chi connectivity index (χ4n) is 3.53. The molecular formula is C20H35IN4O3. The van der Waals surface area contributed by atoms with Crippen molar-refractivity contribution in [2.24, 2.45) is 4.99 Å². The minimum atomic E-state index is -1.11. The Bertz CT molecular complexity index is 652. The van der Waals surface area contributed by atoms with Crippen LogP contribution in [0.15, 0.2) is 15.5 Å². The predicted octanol–water partition coefficient (Wildman–Crippen LogP) is 2.73. The molecule has 0 aliphatic heterocycles.